The Kier molecular flexibility index (Phi) is 4.15. The summed E-state index contributed by atoms with van der Waals surface area (Å²) < 4.78 is 13.9. The van der Waals surface area contributed by atoms with Crippen molar-refractivity contribution in [3.05, 3.63) is 69.4 Å². The van der Waals surface area contributed by atoms with Crippen molar-refractivity contribution in [1.29, 1.82) is 0 Å². The zero-order valence-electron chi connectivity index (χ0n) is 10.2. The molecule has 0 saturated heterocycles. The quantitative estimate of drug-likeness (QED) is 0.903. The average Bonchev–Trinajstić information content (AvgIpc) is 2.41. The minimum absolute atomic E-state index is 0.283. The molecule has 0 amide bonds. The molecular formula is C15H15BrFN. The monoisotopic (exact) mass is 307 g/mol. The first kappa shape index (κ1) is 13.2. The second-order valence-electron chi connectivity index (χ2n) is 4.22. The lowest BCUT2D eigenvalue weighted by molar-refractivity contribution is 0.616. The molecule has 0 spiro atoms. The Labute approximate surface area is 115 Å². The van der Waals surface area contributed by atoms with Crippen LogP contribution in [0.2, 0.25) is 0 Å². The summed E-state index contributed by atoms with van der Waals surface area (Å²) in [7, 11) is 0. The molecule has 18 heavy (non-hydrogen) atoms. The van der Waals surface area contributed by atoms with E-state index in [1.165, 1.54) is 11.6 Å². The maximum atomic E-state index is 13.5. The molecule has 2 N–H and O–H groups in total. The van der Waals surface area contributed by atoms with Crippen LogP contribution in [0.3, 0.4) is 0 Å². The van der Waals surface area contributed by atoms with Crippen molar-refractivity contribution in [2.24, 2.45) is 5.73 Å². The van der Waals surface area contributed by atoms with Crippen LogP contribution in [0.1, 0.15) is 29.7 Å². The van der Waals surface area contributed by atoms with E-state index in [2.05, 4.69) is 35.0 Å². The minimum Gasteiger partial charge on any atom is -0.320 e. The van der Waals surface area contributed by atoms with Gasteiger partial charge in [-0.2, -0.15) is 0 Å². The third kappa shape index (κ3) is 2.62. The van der Waals surface area contributed by atoms with Gasteiger partial charge in [-0.05, 0) is 45.1 Å². The van der Waals surface area contributed by atoms with Crippen LogP contribution >= 0.6 is 15.9 Å². The Morgan fingerprint density at radius 1 is 1.22 bits per heavy atom. The summed E-state index contributed by atoms with van der Waals surface area (Å²) in [6, 6.07) is 12.7. The van der Waals surface area contributed by atoms with Crippen LogP contribution in [-0.4, -0.2) is 0 Å². The molecule has 94 valence electrons. The molecule has 0 heterocycles. The fourth-order valence-electron chi connectivity index (χ4n) is 1.95. The van der Waals surface area contributed by atoms with Gasteiger partial charge in [-0.15, -0.1) is 0 Å². The molecule has 2 aromatic rings. The van der Waals surface area contributed by atoms with Crippen LogP contribution in [0.15, 0.2) is 46.9 Å². The first-order valence-corrected chi connectivity index (χ1v) is 6.71. The molecule has 0 fully saturated rings. The Bertz CT molecular complexity index is 554. The van der Waals surface area contributed by atoms with Gasteiger partial charge in [0.2, 0.25) is 0 Å². The van der Waals surface area contributed by atoms with Crippen molar-refractivity contribution in [3.63, 3.8) is 0 Å². The third-order valence-electron chi connectivity index (χ3n) is 3.03. The van der Waals surface area contributed by atoms with E-state index in [1.807, 2.05) is 18.2 Å². The summed E-state index contributed by atoms with van der Waals surface area (Å²) in [5.74, 6) is -0.283. The van der Waals surface area contributed by atoms with E-state index < -0.39 is 0 Å². The van der Waals surface area contributed by atoms with Crippen LogP contribution < -0.4 is 5.73 Å². The minimum atomic E-state index is -0.318. The maximum Gasteiger partial charge on any atom is 0.137 e. The molecule has 2 aromatic carbocycles. The van der Waals surface area contributed by atoms with Gasteiger partial charge in [0.15, 0.2) is 0 Å². The van der Waals surface area contributed by atoms with Crippen molar-refractivity contribution >= 4 is 15.9 Å². The van der Waals surface area contributed by atoms with Crippen molar-refractivity contribution < 1.29 is 4.39 Å². The van der Waals surface area contributed by atoms with Gasteiger partial charge >= 0.3 is 0 Å². The van der Waals surface area contributed by atoms with Gasteiger partial charge in [-0.25, -0.2) is 4.39 Å². The lowest BCUT2D eigenvalue weighted by atomic mass is 9.97. The van der Waals surface area contributed by atoms with Crippen molar-refractivity contribution in [2.45, 2.75) is 19.4 Å². The van der Waals surface area contributed by atoms with Gasteiger partial charge in [0, 0.05) is 0 Å². The van der Waals surface area contributed by atoms with Crippen LogP contribution in [0.5, 0.6) is 0 Å². The number of halogens is 2. The number of nitrogens with two attached hydrogens (primary N) is 1. The fraction of sp³-hybridized carbons (Fsp3) is 0.200. The predicted octanol–water partition coefficient (Wildman–Crippen LogP) is 4.20. The Morgan fingerprint density at radius 2 is 1.94 bits per heavy atom. The van der Waals surface area contributed by atoms with Crippen molar-refractivity contribution in [1.82, 2.24) is 0 Å². The maximum absolute atomic E-state index is 13.5. The zero-order valence-corrected chi connectivity index (χ0v) is 11.7. The summed E-state index contributed by atoms with van der Waals surface area (Å²) in [6.07, 6.45) is 0.963. The topological polar surface area (TPSA) is 26.0 Å². The van der Waals surface area contributed by atoms with E-state index in [-0.39, 0.29) is 11.9 Å². The average molecular weight is 308 g/mol. The molecule has 0 aromatic heterocycles. The molecule has 1 nitrogen and oxygen atoms in total. The van der Waals surface area contributed by atoms with E-state index in [0.717, 1.165) is 17.5 Å². The highest BCUT2D eigenvalue weighted by Crippen LogP contribution is 2.29. The van der Waals surface area contributed by atoms with E-state index in [0.29, 0.717) is 4.47 Å². The number of hydrogen-bond acceptors (Lipinski definition) is 1. The van der Waals surface area contributed by atoms with E-state index in [1.54, 1.807) is 6.07 Å². The van der Waals surface area contributed by atoms with Gasteiger partial charge in [-0.3, -0.25) is 0 Å². The summed E-state index contributed by atoms with van der Waals surface area (Å²) in [5.41, 5.74) is 9.21. The molecule has 0 radical (unpaired) electrons. The van der Waals surface area contributed by atoms with Gasteiger partial charge in [0.1, 0.15) is 5.82 Å². The molecule has 0 aliphatic carbocycles. The first-order valence-electron chi connectivity index (χ1n) is 5.91. The lowest BCUT2D eigenvalue weighted by Crippen LogP contribution is -2.13. The second-order valence-corrected chi connectivity index (χ2v) is 5.01. The van der Waals surface area contributed by atoms with Gasteiger partial charge in [-0.1, -0.05) is 43.3 Å². The molecule has 0 bridgehead atoms. The predicted molar refractivity (Wildman–Crippen MR) is 76.0 cm³/mol. The Balaban J connectivity index is 2.41. The summed E-state index contributed by atoms with van der Waals surface area (Å²) >= 11 is 3.26. The van der Waals surface area contributed by atoms with Crippen molar-refractivity contribution in [3.8, 4) is 0 Å². The highest BCUT2D eigenvalue weighted by atomic mass is 79.9. The Morgan fingerprint density at radius 3 is 2.67 bits per heavy atom. The SMILES string of the molecule is CCc1cccc(C(N)c2cccc(F)c2Br)c1. The molecule has 2 rings (SSSR count). The highest BCUT2D eigenvalue weighted by Gasteiger charge is 2.14. The number of rotatable bonds is 3. The van der Waals surface area contributed by atoms with Crippen LogP contribution in [0.25, 0.3) is 0 Å². The van der Waals surface area contributed by atoms with Crippen LogP contribution in [0.4, 0.5) is 4.39 Å². The molecule has 1 unspecified atom stereocenters. The highest BCUT2D eigenvalue weighted by molar-refractivity contribution is 9.10. The molecule has 0 aliphatic heterocycles. The summed E-state index contributed by atoms with van der Waals surface area (Å²) in [6.45, 7) is 2.10. The molecule has 1 atom stereocenters. The summed E-state index contributed by atoms with van der Waals surface area (Å²) in [5, 5.41) is 0. The normalized spacial score (nSPS) is 12.4. The largest absolute Gasteiger partial charge is 0.320 e. The smallest absolute Gasteiger partial charge is 0.137 e. The zero-order chi connectivity index (χ0) is 13.1. The fourth-order valence-corrected chi connectivity index (χ4v) is 2.46. The van der Waals surface area contributed by atoms with Gasteiger partial charge < -0.3 is 5.73 Å². The standard InChI is InChI=1S/C15H15BrFN/c1-2-10-5-3-6-11(9-10)15(18)12-7-4-8-13(17)14(12)16/h3-9,15H,2,18H2,1H3. The molecule has 0 saturated carbocycles. The molecule has 3 heteroatoms. The Hall–Kier alpha value is -1.19. The lowest BCUT2D eigenvalue weighted by Gasteiger charge is -2.15. The number of hydrogen-bond donors (Lipinski definition) is 1. The molecule has 0 aliphatic rings. The van der Waals surface area contributed by atoms with Gasteiger partial charge in [0.05, 0.1) is 10.5 Å². The van der Waals surface area contributed by atoms with E-state index >= 15 is 0 Å². The third-order valence-corrected chi connectivity index (χ3v) is 3.87. The number of aryl methyl sites for hydroxylation is 1. The summed E-state index contributed by atoms with van der Waals surface area (Å²) in [4.78, 5) is 0. The van der Waals surface area contributed by atoms with Crippen molar-refractivity contribution in [2.75, 3.05) is 0 Å². The van der Waals surface area contributed by atoms with Crippen LogP contribution in [0, 0.1) is 5.82 Å². The second kappa shape index (κ2) is 5.63. The van der Waals surface area contributed by atoms with Gasteiger partial charge in [0.25, 0.3) is 0 Å². The molecular weight excluding hydrogens is 293 g/mol. The van der Waals surface area contributed by atoms with E-state index in [4.69, 9.17) is 5.73 Å². The first-order chi connectivity index (χ1) is 8.63. The van der Waals surface area contributed by atoms with E-state index in [9.17, 15) is 4.39 Å². The van der Waals surface area contributed by atoms with Crippen LogP contribution in [-0.2, 0) is 6.42 Å². The number of benzene rings is 2.